The fourth-order valence-electron chi connectivity index (χ4n) is 3.44. The van der Waals surface area contributed by atoms with Crippen LogP contribution in [0.3, 0.4) is 0 Å². The van der Waals surface area contributed by atoms with Gasteiger partial charge < -0.3 is 20.1 Å². The molecule has 0 bridgehead atoms. The molecule has 4 rings (SSSR count). The van der Waals surface area contributed by atoms with E-state index in [1.165, 1.54) is 38.5 Å². The van der Waals surface area contributed by atoms with Gasteiger partial charge in [-0.2, -0.15) is 0 Å². The van der Waals surface area contributed by atoms with Crippen LogP contribution in [-0.2, 0) is 21.2 Å². The van der Waals surface area contributed by atoms with Crippen molar-refractivity contribution in [2.45, 2.75) is 11.3 Å². The Kier molecular flexibility index (Phi) is 5.93. The highest BCUT2D eigenvalue weighted by atomic mass is 32.2. The number of ether oxygens (including phenoxy) is 2. The molecule has 33 heavy (non-hydrogen) atoms. The molecule has 1 aliphatic rings. The van der Waals surface area contributed by atoms with Gasteiger partial charge in [0.25, 0.3) is 15.9 Å². The first-order chi connectivity index (χ1) is 15.8. The molecule has 0 radical (unpaired) electrons. The number of fused-ring (bicyclic) bond motifs is 1. The van der Waals surface area contributed by atoms with Crippen molar-refractivity contribution in [2.75, 3.05) is 29.6 Å². The van der Waals surface area contributed by atoms with Crippen LogP contribution >= 0.6 is 0 Å². The van der Waals surface area contributed by atoms with E-state index < -0.39 is 10.0 Å². The van der Waals surface area contributed by atoms with E-state index in [-0.39, 0.29) is 40.3 Å². The van der Waals surface area contributed by atoms with Gasteiger partial charge in [-0.1, -0.05) is 18.2 Å². The van der Waals surface area contributed by atoms with E-state index in [0.29, 0.717) is 22.5 Å². The van der Waals surface area contributed by atoms with E-state index >= 15 is 0 Å². The maximum atomic E-state index is 13.0. The van der Waals surface area contributed by atoms with Crippen molar-refractivity contribution >= 4 is 38.9 Å². The zero-order valence-corrected chi connectivity index (χ0v) is 18.7. The first-order valence-electron chi connectivity index (χ1n) is 9.89. The summed E-state index contributed by atoms with van der Waals surface area (Å²) in [6.45, 7) is 0. The van der Waals surface area contributed by atoms with Gasteiger partial charge in [-0.3, -0.25) is 14.3 Å². The molecule has 2 amide bonds. The van der Waals surface area contributed by atoms with Crippen molar-refractivity contribution in [1.29, 1.82) is 0 Å². The van der Waals surface area contributed by atoms with Gasteiger partial charge in [0.15, 0.2) is 0 Å². The van der Waals surface area contributed by atoms with E-state index in [1.54, 1.807) is 36.4 Å². The number of hydrogen-bond acceptors (Lipinski definition) is 6. The summed E-state index contributed by atoms with van der Waals surface area (Å²) in [6.07, 6.45) is 0.117. The van der Waals surface area contributed by atoms with Gasteiger partial charge in [0.1, 0.15) is 11.5 Å². The van der Waals surface area contributed by atoms with Gasteiger partial charge >= 0.3 is 0 Å². The number of carbonyl (C=O) groups is 2. The quantitative estimate of drug-likeness (QED) is 0.490. The van der Waals surface area contributed by atoms with Gasteiger partial charge in [0.05, 0.1) is 36.9 Å². The summed E-state index contributed by atoms with van der Waals surface area (Å²) in [5.74, 6) is -0.125. The predicted molar refractivity (Wildman–Crippen MR) is 124 cm³/mol. The largest absolute Gasteiger partial charge is 0.494 e. The molecule has 0 fully saturated rings. The lowest BCUT2D eigenvalue weighted by atomic mass is 10.2. The van der Waals surface area contributed by atoms with Crippen LogP contribution in [0.5, 0.6) is 11.5 Å². The van der Waals surface area contributed by atoms with E-state index in [1.807, 2.05) is 0 Å². The Morgan fingerprint density at radius 2 is 1.61 bits per heavy atom. The summed E-state index contributed by atoms with van der Waals surface area (Å²) in [4.78, 5) is 24.1. The van der Waals surface area contributed by atoms with Gasteiger partial charge in [0, 0.05) is 23.4 Å². The Bertz CT molecular complexity index is 1340. The molecule has 9 nitrogen and oxygen atoms in total. The zero-order valence-electron chi connectivity index (χ0n) is 17.8. The van der Waals surface area contributed by atoms with Crippen LogP contribution in [-0.4, -0.2) is 34.5 Å². The normalized spacial score (nSPS) is 12.5. The van der Waals surface area contributed by atoms with Crippen molar-refractivity contribution in [3.05, 3.63) is 71.8 Å². The Balaban J connectivity index is 1.63. The van der Waals surface area contributed by atoms with Crippen LogP contribution < -0.4 is 24.8 Å². The molecule has 1 heterocycles. The summed E-state index contributed by atoms with van der Waals surface area (Å²) in [5.41, 5.74) is 2.09. The topological polar surface area (TPSA) is 123 Å². The third-order valence-corrected chi connectivity index (χ3v) is 6.43. The van der Waals surface area contributed by atoms with E-state index in [4.69, 9.17) is 9.47 Å². The molecule has 0 aliphatic carbocycles. The van der Waals surface area contributed by atoms with E-state index in [9.17, 15) is 18.0 Å². The zero-order chi connectivity index (χ0) is 23.6. The summed E-state index contributed by atoms with van der Waals surface area (Å²) in [6, 6.07) is 15.9. The Hall–Kier alpha value is -4.05. The summed E-state index contributed by atoms with van der Waals surface area (Å²) in [5, 5.41) is 5.41. The van der Waals surface area contributed by atoms with Crippen molar-refractivity contribution < 1.29 is 27.5 Å². The second kappa shape index (κ2) is 8.83. The van der Waals surface area contributed by atoms with Crippen LogP contribution in [0.15, 0.2) is 65.6 Å². The fraction of sp³-hybridized carbons (Fsp3) is 0.130. The lowest BCUT2D eigenvalue weighted by Gasteiger charge is -2.17. The number of sulfonamides is 1. The molecule has 0 spiro atoms. The number of carbonyl (C=O) groups excluding carboxylic acids is 2. The molecule has 0 unspecified atom stereocenters. The SMILES string of the molecule is COc1cc(NS(=O)(=O)c2ccc3c(c2)CC(=O)N3)c(OC)cc1NC(=O)c1ccccc1. The second-order valence-electron chi connectivity index (χ2n) is 7.22. The Morgan fingerprint density at radius 3 is 2.30 bits per heavy atom. The van der Waals surface area contributed by atoms with Crippen molar-refractivity contribution in [2.24, 2.45) is 0 Å². The average molecular weight is 468 g/mol. The van der Waals surface area contributed by atoms with Crippen molar-refractivity contribution in [3.8, 4) is 11.5 Å². The predicted octanol–water partition coefficient (Wildman–Crippen LogP) is 3.25. The first kappa shape index (κ1) is 22.2. The molecule has 3 N–H and O–H groups in total. The monoisotopic (exact) mass is 467 g/mol. The highest BCUT2D eigenvalue weighted by molar-refractivity contribution is 7.92. The van der Waals surface area contributed by atoms with Gasteiger partial charge in [-0.15, -0.1) is 0 Å². The number of rotatable bonds is 7. The first-order valence-corrected chi connectivity index (χ1v) is 11.4. The molecule has 0 saturated carbocycles. The molecule has 170 valence electrons. The number of hydrogen-bond donors (Lipinski definition) is 3. The lowest BCUT2D eigenvalue weighted by molar-refractivity contribution is -0.115. The molecular weight excluding hydrogens is 446 g/mol. The van der Waals surface area contributed by atoms with E-state index in [2.05, 4.69) is 15.4 Å². The summed E-state index contributed by atoms with van der Waals surface area (Å²) < 4.78 is 39.2. The van der Waals surface area contributed by atoms with Gasteiger partial charge in [-0.05, 0) is 35.9 Å². The molecule has 0 atom stereocenters. The highest BCUT2D eigenvalue weighted by Crippen LogP contribution is 2.38. The van der Waals surface area contributed by atoms with Crippen LogP contribution in [0.25, 0.3) is 0 Å². The number of methoxy groups -OCH3 is 2. The molecule has 0 aromatic heterocycles. The summed E-state index contributed by atoms with van der Waals surface area (Å²) in [7, 11) is -1.21. The summed E-state index contributed by atoms with van der Waals surface area (Å²) >= 11 is 0. The highest BCUT2D eigenvalue weighted by Gasteiger charge is 2.24. The van der Waals surface area contributed by atoms with Crippen LogP contribution in [0, 0.1) is 0 Å². The van der Waals surface area contributed by atoms with Gasteiger partial charge in [-0.25, -0.2) is 8.42 Å². The smallest absolute Gasteiger partial charge is 0.262 e. The third-order valence-electron chi connectivity index (χ3n) is 5.06. The molecular formula is C23H21N3O6S. The molecule has 3 aromatic carbocycles. The van der Waals surface area contributed by atoms with Crippen molar-refractivity contribution in [3.63, 3.8) is 0 Å². The van der Waals surface area contributed by atoms with Crippen LogP contribution in [0.2, 0.25) is 0 Å². The average Bonchev–Trinajstić information content (AvgIpc) is 3.19. The number of benzene rings is 3. The Labute approximate surface area is 190 Å². The Morgan fingerprint density at radius 1 is 0.939 bits per heavy atom. The standard InChI is InChI=1S/C23H21N3O6S/c1-31-20-13-19(21(32-2)12-18(20)25-23(28)14-6-4-3-5-7-14)26-33(29,30)16-8-9-17-15(10-16)11-22(27)24-17/h3-10,12-13,26H,11H2,1-2H3,(H,24,27)(H,25,28). The number of anilines is 3. The third kappa shape index (κ3) is 4.60. The lowest BCUT2D eigenvalue weighted by Crippen LogP contribution is -2.15. The molecule has 10 heteroatoms. The van der Waals surface area contributed by atoms with Gasteiger partial charge in [0.2, 0.25) is 5.91 Å². The second-order valence-corrected chi connectivity index (χ2v) is 8.90. The number of amides is 2. The molecule has 0 saturated heterocycles. The minimum Gasteiger partial charge on any atom is -0.494 e. The minimum atomic E-state index is -4.00. The number of nitrogens with one attached hydrogen (secondary N) is 3. The molecule has 1 aliphatic heterocycles. The molecule has 3 aromatic rings. The van der Waals surface area contributed by atoms with Crippen LogP contribution in [0.1, 0.15) is 15.9 Å². The van der Waals surface area contributed by atoms with Crippen molar-refractivity contribution in [1.82, 2.24) is 0 Å². The minimum absolute atomic E-state index is 0.000210. The van der Waals surface area contributed by atoms with Crippen LogP contribution in [0.4, 0.5) is 17.1 Å². The maximum Gasteiger partial charge on any atom is 0.262 e. The van der Waals surface area contributed by atoms with E-state index in [0.717, 1.165) is 0 Å². The maximum absolute atomic E-state index is 13.0. The fourth-order valence-corrected chi connectivity index (χ4v) is 4.55.